The highest BCUT2D eigenvalue weighted by atomic mass is 16.4. The predicted octanol–water partition coefficient (Wildman–Crippen LogP) is -6.82. The van der Waals surface area contributed by atoms with E-state index in [2.05, 4.69) is 10.6 Å². The molecule has 42 heavy (non-hydrogen) atoms. The lowest BCUT2D eigenvalue weighted by Gasteiger charge is -2.29. The summed E-state index contributed by atoms with van der Waals surface area (Å²) in [6.07, 6.45) is -2.32. The summed E-state index contributed by atoms with van der Waals surface area (Å²) in [4.78, 5) is 110. The number of primary amides is 2. The van der Waals surface area contributed by atoms with E-state index in [1.165, 1.54) is 0 Å². The molecule has 0 aromatic heterocycles. The molecule has 1 aliphatic rings. The number of carboxylic acids is 2. The number of likely N-dealkylation sites (tertiary alicyclic amines) is 1. The highest BCUT2D eigenvalue weighted by Gasteiger charge is 2.39. The van der Waals surface area contributed by atoms with E-state index in [1.54, 1.807) is 0 Å². The van der Waals surface area contributed by atoms with E-state index in [9.17, 15) is 48.3 Å². The number of nitrogens with two attached hydrogens (primary N) is 3. The molecule has 7 amide bonds. The fourth-order valence-electron chi connectivity index (χ4n) is 3.95. The van der Waals surface area contributed by atoms with Crippen molar-refractivity contribution >= 4 is 53.3 Å². The molecule has 5 atom stereocenters. The van der Waals surface area contributed by atoms with Gasteiger partial charge in [-0.15, -0.1) is 0 Å². The molecule has 1 heterocycles. The molecular formula is C22H34N8O12. The summed E-state index contributed by atoms with van der Waals surface area (Å²) in [5, 5.41) is 35.9. The van der Waals surface area contributed by atoms with Crippen LogP contribution in [0.4, 0.5) is 0 Å². The lowest BCUT2D eigenvalue weighted by molar-refractivity contribution is -0.147. The average molecular weight is 603 g/mol. The number of nitrogens with one attached hydrogen (secondary N) is 4. The second-order valence-corrected chi connectivity index (χ2v) is 9.16. The van der Waals surface area contributed by atoms with Crippen LogP contribution < -0.4 is 38.5 Å². The van der Waals surface area contributed by atoms with Gasteiger partial charge in [-0.3, -0.25) is 38.4 Å². The smallest absolute Gasteiger partial charge is 0.326 e. The molecule has 13 N–H and O–H groups in total. The van der Waals surface area contributed by atoms with Crippen LogP contribution >= 0.6 is 0 Å². The number of carbonyl (C=O) groups excluding carboxylic acids is 7. The van der Waals surface area contributed by atoms with Gasteiger partial charge in [0.25, 0.3) is 0 Å². The van der Waals surface area contributed by atoms with Gasteiger partial charge in [0.05, 0.1) is 32.4 Å². The quantitative estimate of drug-likeness (QED) is 0.0740. The van der Waals surface area contributed by atoms with Crippen molar-refractivity contribution in [3.8, 4) is 0 Å². The standard InChI is InChI=1S/C22H34N8O12/c23-7-16(34)26-12(8-31)21(40)30-3-1-2-13(30)20(39)28-10(5-15(25)33)18(37)27-9(4-14(24)32)19(38)29-11(22(41)42)6-17(35)36/h9-13,31H,1-8,23H2,(H2,24,32)(H2,25,33)(H,26,34)(H,27,37)(H,28,39)(H,29,38)(H,35,36)(H,41,42)/t9-,10-,11-,12-,13-/m0/s1. The third kappa shape index (κ3) is 11.0. The number of aliphatic carboxylic acids is 2. The Kier molecular flexibility index (Phi) is 13.8. The molecule has 0 aromatic rings. The normalized spacial score (nSPS) is 17.1. The monoisotopic (exact) mass is 602 g/mol. The van der Waals surface area contributed by atoms with Gasteiger partial charge in [-0.25, -0.2) is 4.79 Å². The van der Waals surface area contributed by atoms with Crippen LogP contribution in [0.5, 0.6) is 0 Å². The molecule has 0 saturated carbocycles. The Morgan fingerprint density at radius 1 is 0.762 bits per heavy atom. The lowest BCUT2D eigenvalue weighted by Crippen LogP contribution is -2.59. The van der Waals surface area contributed by atoms with Gasteiger partial charge in [0.2, 0.25) is 41.4 Å². The Hall–Kier alpha value is -4.85. The maximum absolute atomic E-state index is 13.1. The first-order valence-electron chi connectivity index (χ1n) is 12.4. The van der Waals surface area contributed by atoms with E-state index in [0.717, 1.165) is 4.90 Å². The van der Waals surface area contributed by atoms with Gasteiger partial charge in [0.15, 0.2) is 0 Å². The third-order valence-corrected chi connectivity index (χ3v) is 5.91. The number of amides is 7. The lowest BCUT2D eigenvalue weighted by atomic mass is 10.1. The van der Waals surface area contributed by atoms with Gasteiger partial charge in [0.1, 0.15) is 30.2 Å². The molecular weight excluding hydrogens is 568 g/mol. The van der Waals surface area contributed by atoms with Crippen molar-refractivity contribution < 1.29 is 58.5 Å². The van der Waals surface area contributed by atoms with E-state index in [4.69, 9.17) is 27.4 Å². The zero-order valence-corrected chi connectivity index (χ0v) is 22.2. The van der Waals surface area contributed by atoms with Crippen molar-refractivity contribution in [3.05, 3.63) is 0 Å². The molecule has 1 aliphatic heterocycles. The topological polar surface area (TPSA) is 344 Å². The van der Waals surface area contributed by atoms with E-state index in [0.29, 0.717) is 6.42 Å². The molecule has 0 spiro atoms. The minimum Gasteiger partial charge on any atom is -0.481 e. The molecule has 1 fully saturated rings. The van der Waals surface area contributed by atoms with Crippen LogP contribution in [0.2, 0.25) is 0 Å². The second-order valence-electron chi connectivity index (χ2n) is 9.16. The number of aliphatic hydroxyl groups excluding tert-OH is 1. The van der Waals surface area contributed by atoms with Crippen molar-refractivity contribution in [2.24, 2.45) is 17.2 Å². The molecule has 1 saturated heterocycles. The molecule has 1 rings (SSSR count). The minimum atomic E-state index is -1.94. The van der Waals surface area contributed by atoms with Gasteiger partial charge in [0, 0.05) is 6.54 Å². The summed E-state index contributed by atoms with van der Waals surface area (Å²) in [5.74, 6) is -10.5. The zero-order valence-electron chi connectivity index (χ0n) is 22.2. The number of hydrogen-bond acceptors (Lipinski definition) is 11. The van der Waals surface area contributed by atoms with Crippen LogP contribution in [-0.2, 0) is 43.2 Å². The van der Waals surface area contributed by atoms with Crippen LogP contribution in [-0.4, -0.2) is 123 Å². The maximum Gasteiger partial charge on any atom is 0.326 e. The van der Waals surface area contributed by atoms with Crippen LogP contribution in [0.3, 0.4) is 0 Å². The Balaban J connectivity index is 3.11. The molecule has 0 aromatic carbocycles. The Bertz CT molecular complexity index is 1100. The Labute approximate surface area is 237 Å². The Morgan fingerprint density at radius 2 is 1.29 bits per heavy atom. The van der Waals surface area contributed by atoms with Gasteiger partial charge >= 0.3 is 11.9 Å². The van der Waals surface area contributed by atoms with Gasteiger partial charge in [-0.1, -0.05) is 0 Å². The SMILES string of the molecule is NCC(=O)N[C@@H](CO)C(=O)N1CCC[C@H]1C(=O)N[C@@H](CC(N)=O)C(=O)N[C@@H](CC(N)=O)C(=O)N[C@@H](CC(=O)O)C(=O)O. The van der Waals surface area contributed by atoms with Crippen molar-refractivity contribution in [1.29, 1.82) is 0 Å². The summed E-state index contributed by atoms with van der Waals surface area (Å²) in [5.41, 5.74) is 15.5. The molecule has 20 heteroatoms. The summed E-state index contributed by atoms with van der Waals surface area (Å²) >= 11 is 0. The molecule has 0 radical (unpaired) electrons. The number of carbonyl (C=O) groups is 9. The number of carboxylic acid groups (broad SMARTS) is 2. The van der Waals surface area contributed by atoms with Gasteiger partial charge in [-0.05, 0) is 12.8 Å². The Morgan fingerprint density at radius 3 is 1.74 bits per heavy atom. The van der Waals surface area contributed by atoms with Crippen molar-refractivity contribution in [2.75, 3.05) is 19.7 Å². The summed E-state index contributed by atoms with van der Waals surface area (Å²) in [6, 6.07) is -8.16. The number of rotatable bonds is 17. The number of aliphatic hydroxyl groups is 1. The average Bonchev–Trinajstić information content (AvgIpc) is 3.39. The highest BCUT2D eigenvalue weighted by Crippen LogP contribution is 2.19. The first-order valence-corrected chi connectivity index (χ1v) is 12.4. The van der Waals surface area contributed by atoms with E-state index < -0.39 is 116 Å². The van der Waals surface area contributed by atoms with Crippen LogP contribution in [0.25, 0.3) is 0 Å². The predicted molar refractivity (Wildman–Crippen MR) is 136 cm³/mol. The molecule has 20 nitrogen and oxygen atoms in total. The first kappa shape index (κ1) is 35.2. The summed E-state index contributed by atoms with van der Waals surface area (Å²) in [7, 11) is 0. The summed E-state index contributed by atoms with van der Waals surface area (Å²) < 4.78 is 0. The molecule has 0 bridgehead atoms. The van der Waals surface area contributed by atoms with Crippen LogP contribution in [0.1, 0.15) is 32.1 Å². The second kappa shape index (κ2) is 16.4. The van der Waals surface area contributed by atoms with Gasteiger partial charge < -0.3 is 58.7 Å². The first-order chi connectivity index (χ1) is 19.6. The number of nitrogens with zero attached hydrogens (tertiary/aromatic N) is 1. The van der Waals surface area contributed by atoms with Crippen LogP contribution in [0, 0.1) is 0 Å². The largest absolute Gasteiger partial charge is 0.481 e. The fraction of sp³-hybridized carbons (Fsp3) is 0.591. The summed E-state index contributed by atoms with van der Waals surface area (Å²) in [6.45, 7) is -1.23. The maximum atomic E-state index is 13.1. The van der Waals surface area contributed by atoms with E-state index in [1.807, 2.05) is 10.6 Å². The molecule has 234 valence electrons. The van der Waals surface area contributed by atoms with Crippen LogP contribution in [0.15, 0.2) is 0 Å². The molecule has 0 aliphatic carbocycles. The highest BCUT2D eigenvalue weighted by molar-refractivity contribution is 5.99. The van der Waals surface area contributed by atoms with E-state index in [-0.39, 0.29) is 13.0 Å². The molecule has 0 unspecified atom stereocenters. The third-order valence-electron chi connectivity index (χ3n) is 5.91. The zero-order chi connectivity index (χ0) is 32.1. The van der Waals surface area contributed by atoms with Crippen molar-refractivity contribution in [1.82, 2.24) is 26.2 Å². The van der Waals surface area contributed by atoms with Gasteiger partial charge in [-0.2, -0.15) is 0 Å². The van der Waals surface area contributed by atoms with Crippen molar-refractivity contribution in [2.45, 2.75) is 62.3 Å². The minimum absolute atomic E-state index is 0.0422. The van der Waals surface area contributed by atoms with Crippen molar-refractivity contribution in [3.63, 3.8) is 0 Å². The van der Waals surface area contributed by atoms with E-state index >= 15 is 0 Å². The fourth-order valence-corrected chi connectivity index (χ4v) is 3.95. The number of hydrogen-bond donors (Lipinski definition) is 10.